The summed E-state index contributed by atoms with van der Waals surface area (Å²) in [6.45, 7) is 7.51. The maximum absolute atomic E-state index is 12.2. The number of carbonyl (C=O) groups is 2. The summed E-state index contributed by atoms with van der Waals surface area (Å²) in [5.74, 6) is -0.317. The first kappa shape index (κ1) is 35.9. The van der Waals surface area contributed by atoms with Gasteiger partial charge in [0.15, 0.2) is 0 Å². The molecule has 47 heavy (non-hydrogen) atoms. The molecule has 0 radical (unpaired) electrons. The number of fused-ring (bicyclic) bond motifs is 3. The smallest absolute Gasteiger partial charge is 0.407 e. The maximum Gasteiger partial charge on any atom is 0.407 e. The summed E-state index contributed by atoms with van der Waals surface area (Å²) in [4.78, 5) is 24.4. The fourth-order valence-electron chi connectivity index (χ4n) is 5.19. The van der Waals surface area contributed by atoms with E-state index in [-0.39, 0.29) is 18.5 Å². The lowest BCUT2D eigenvalue weighted by molar-refractivity contribution is -0.00901. The maximum atomic E-state index is 12.2. The Morgan fingerprint density at radius 3 is 1.77 bits per heavy atom. The van der Waals surface area contributed by atoms with Crippen LogP contribution >= 0.6 is 0 Å². The second-order valence-corrected chi connectivity index (χ2v) is 11.0. The number of esters is 1. The molecule has 0 aromatic heterocycles. The molecule has 1 aliphatic rings. The molecule has 0 fully saturated rings. The third-order valence-corrected chi connectivity index (χ3v) is 7.64. The molecule has 3 aromatic rings. The number of unbranched alkanes of at least 4 members (excludes halogenated alkanes) is 1. The Morgan fingerprint density at radius 2 is 1.17 bits per heavy atom. The highest BCUT2D eigenvalue weighted by atomic mass is 16.6. The van der Waals surface area contributed by atoms with Crippen LogP contribution in [0.1, 0.15) is 53.6 Å². The minimum absolute atomic E-state index is 0.0474. The van der Waals surface area contributed by atoms with Crippen molar-refractivity contribution in [2.45, 2.75) is 32.1 Å². The van der Waals surface area contributed by atoms with Crippen LogP contribution in [0.5, 0.6) is 0 Å². The summed E-state index contributed by atoms with van der Waals surface area (Å²) in [7, 11) is 0. The highest BCUT2D eigenvalue weighted by Gasteiger charge is 2.28. The molecule has 0 saturated carbocycles. The topological polar surface area (TPSA) is 114 Å². The lowest BCUT2D eigenvalue weighted by Gasteiger charge is -2.14. The Kier molecular flexibility index (Phi) is 16.0. The Hall–Kier alpha value is -3.96. The number of carbonyl (C=O) groups excluding carboxylic acids is 2. The van der Waals surface area contributed by atoms with E-state index in [2.05, 4.69) is 41.8 Å². The molecular formula is C37H48N2O8. The fourth-order valence-corrected chi connectivity index (χ4v) is 5.19. The van der Waals surface area contributed by atoms with E-state index in [9.17, 15) is 9.59 Å². The van der Waals surface area contributed by atoms with E-state index in [1.807, 2.05) is 36.4 Å². The molecule has 0 unspecified atom stereocenters. The Balaban J connectivity index is 0.897. The highest BCUT2D eigenvalue weighted by molar-refractivity contribution is 5.89. The van der Waals surface area contributed by atoms with Crippen LogP contribution in [0.3, 0.4) is 0 Å². The lowest BCUT2D eigenvalue weighted by atomic mass is 9.98. The molecule has 10 heteroatoms. The van der Waals surface area contributed by atoms with E-state index < -0.39 is 6.09 Å². The zero-order chi connectivity index (χ0) is 32.9. The average molecular weight is 649 g/mol. The number of hydrogen-bond acceptors (Lipinski definition) is 9. The van der Waals surface area contributed by atoms with Crippen molar-refractivity contribution in [1.29, 1.82) is 0 Å². The Labute approximate surface area is 278 Å². The van der Waals surface area contributed by atoms with Gasteiger partial charge in [0.1, 0.15) is 13.2 Å². The molecule has 254 valence electrons. The Bertz CT molecular complexity index is 1300. The van der Waals surface area contributed by atoms with Crippen LogP contribution in [-0.4, -0.2) is 91.2 Å². The average Bonchev–Trinajstić information content (AvgIpc) is 3.42. The molecule has 0 atom stereocenters. The first-order chi connectivity index (χ1) is 23.2. The molecule has 4 rings (SSSR count). The lowest BCUT2D eigenvalue weighted by Crippen LogP contribution is -2.27. The van der Waals surface area contributed by atoms with Gasteiger partial charge in [0.25, 0.3) is 0 Å². The van der Waals surface area contributed by atoms with Gasteiger partial charge in [-0.05, 0) is 59.4 Å². The van der Waals surface area contributed by atoms with Gasteiger partial charge < -0.3 is 39.1 Å². The zero-order valence-electron chi connectivity index (χ0n) is 27.4. The summed E-state index contributed by atoms with van der Waals surface area (Å²) in [5.41, 5.74) is 6.31. The van der Waals surface area contributed by atoms with Crippen molar-refractivity contribution in [3.8, 4) is 11.1 Å². The van der Waals surface area contributed by atoms with Crippen LogP contribution in [0.15, 0.2) is 72.8 Å². The quantitative estimate of drug-likeness (QED) is 0.0937. The van der Waals surface area contributed by atoms with E-state index in [0.717, 1.165) is 25.1 Å². The van der Waals surface area contributed by atoms with Crippen molar-refractivity contribution in [2.24, 2.45) is 0 Å². The molecule has 0 bridgehead atoms. The van der Waals surface area contributed by atoms with Crippen molar-refractivity contribution < 1.29 is 38.0 Å². The van der Waals surface area contributed by atoms with Crippen molar-refractivity contribution in [3.05, 3.63) is 89.5 Å². The molecule has 1 amide bonds. The fraction of sp³-hybridized carbons (Fsp3) is 0.459. The van der Waals surface area contributed by atoms with E-state index in [0.29, 0.717) is 78.0 Å². The Morgan fingerprint density at radius 1 is 0.617 bits per heavy atom. The van der Waals surface area contributed by atoms with Gasteiger partial charge in [0, 0.05) is 31.3 Å². The van der Waals surface area contributed by atoms with Crippen molar-refractivity contribution in [1.82, 2.24) is 5.32 Å². The van der Waals surface area contributed by atoms with Crippen LogP contribution < -0.4 is 10.6 Å². The van der Waals surface area contributed by atoms with E-state index in [1.165, 1.54) is 22.3 Å². The monoisotopic (exact) mass is 648 g/mol. The minimum Gasteiger partial charge on any atom is -0.460 e. The number of rotatable bonds is 23. The first-order valence-electron chi connectivity index (χ1n) is 16.6. The van der Waals surface area contributed by atoms with E-state index >= 15 is 0 Å². The SMILES string of the molecule is CCCCNc1ccc(C(=O)OCCOCCOCCOCCOCCCNC(=O)OCC2c3ccccc3-c3ccccc32)cc1. The summed E-state index contributed by atoms with van der Waals surface area (Å²) in [6.07, 6.45) is 2.50. The number of benzene rings is 3. The van der Waals surface area contributed by atoms with Gasteiger partial charge in [-0.15, -0.1) is 0 Å². The van der Waals surface area contributed by atoms with Crippen molar-refractivity contribution in [2.75, 3.05) is 84.5 Å². The third kappa shape index (κ3) is 12.3. The van der Waals surface area contributed by atoms with Crippen LogP contribution in [0.4, 0.5) is 10.5 Å². The van der Waals surface area contributed by atoms with Gasteiger partial charge in [0.2, 0.25) is 0 Å². The van der Waals surface area contributed by atoms with Crippen LogP contribution in [0.2, 0.25) is 0 Å². The number of amides is 1. The molecular weight excluding hydrogens is 600 g/mol. The molecule has 0 saturated heterocycles. The van der Waals surface area contributed by atoms with Crippen LogP contribution in [-0.2, 0) is 28.4 Å². The number of anilines is 1. The summed E-state index contributed by atoms with van der Waals surface area (Å²) >= 11 is 0. The van der Waals surface area contributed by atoms with Gasteiger partial charge in [-0.2, -0.15) is 0 Å². The van der Waals surface area contributed by atoms with E-state index in [1.54, 1.807) is 12.1 Å². The van der Waals surface area contributed by atoms with Crippen LogP contribution in [0.25, 0.3) is 11.1 Å². The number of alkyl carbamates (subject to hydrolysis) is 1. The molecule has 3 aromatic carbocycles. The van der Waals surface area contributed by atoms with Crippen molar-refractivity contribution in [3.63, 3.8) is 0 Å². The summed E-state index contributed by atoms with van der Waals surface area (Å²) < 4.78 is 32.8. The van der Waals surface area contributed by atoms with Gasteiger partial charge in [-0.25, -0.2) is 9.59 Å². The van der Waals surface area contributed by atoms with E-state index in [4.69, 9.17) is 28.4 Å². The molecule has 2 N–H and O–H groups in total. The summed E-state index contributed by atoms with van der Waals surface area (Å²) in [5, 5.41) is 6.12. The van der Waals surface area contributed by atoms with Gasteiger partial charge in [-0.3, -0.25) is 0 Å². The number of nitrogens with one attached hydrogen (secondary N) is 2. The molecule has 0 aliphatic heterocycles. The number of ether oxygens (including phenoxy) is 6. The highest BCUT2D eigenvalue weighted by Crippen LogP contribution is 2.44. The third-order valence-electron chi connectivity index (χ3n) is 7.64. The normalized spacial score (nSPS) is 11.9. The molecule has 10 nitrogen and oxygen atoms in total. The van der Waals surface area contributed by atoms with Gasteiger partial charge in [0.05, 0.1) is 51.8 Å². The zero-order valence-corrected chi connectivity index (χ0v) is 27.4. The molecule has 1 aliphatic carbocycles. The standard InChI is InChI=1S/C37H48N2O8/c1-2-3-17-38-30-15-13-29(14-16-30)36(40)46-27-26-45-25-24-44-23-22-43-21-20-42-19-8-18-39-37(41)47-28-35-33-11-6-4-9-31(33)32-10-5-7-12-34(32)35/h4-7,9-16,35,38H,2-3,8,17-28H2,1H3,(H,39,41). The van der Waals surface area contributed by atoms with Crippen LogP contribution in [0, 0.1) is 0 Å². The second-order valence-electron chi connectivity index (χ2n) is 11.0. The largest absolute Gasteiger partial charge is 0.460 e. The number of hydrogen-bond donors (Lipinski definition) is 2. The minimum atomic E-state index is -0.420. The summed E-state index contributed by atoms with van der Waals surface area (Å²) in [6, 6.07) is 23.8. The molecule has 0 heterocycles. The second kappa shape index (κ2) is 21.0. The molecule has 0 spiro atoms. The van der Waals surface area contributed by atoms with Gasteiger partial charge in [-0.1, -0.05) is 61.9 Å². The predicted octanol–water partition coefficient (Wildman–Crippen LogP) is 6.05. The first-order valence-corrected chi connectivity index (χ1v) is 16.6. The predicted molar refractivity (Wildman–Crippen MR) is 181 cm³/mol. The van der Waals surface area contributed by atoms with Gasteiger partial charge >= 0.3 is 12.1 Å². The van der Waals surface area contributed by atoms with Crippen molar-refractivity contribution >= 4 is 17.7 Å².